The van der Waals surface area contributed by atoms with Crippen LogP contribution >= 0.6 is 0 Å². The third-order valence-electron chi connectivity index (χ3n) is 4.51. The molecule has 0 spiro atoms. The first-order chi connectivity index (χ1) is 10.8. The number of nitrogens with zero attached hydrogens (tertiary/aromatic N) is 2. The number of hydrogen-bond donors (Lipinski definition) is 0. The number of nitro benzene ring substituents is 1. The fraction of sp³-hybridized carbons (Fsp3) is 0.625. The third kappa shape index (κ3) is 4.51. The summed E-state index contributed by atoms with van der Waals surface area (Å²) in [6.07, 6.45) is 2.68. The highest BCUT2D eigenvalue weighted by Crippen LogP contribution is 2.25. The van der Waals surface area contributed by atoms with Gasteiger partial charge in [0.25, 0.3) is 5.69 Å². The third-order valence-corrected chi connectivity index (χ3v) is 6.26. The number of benzene rings is 1. The van der Waals surface area contributed by atoms with Gasteiger partial charge in [0, 0.05) is 24.2 Å². The molecule has 0 radical (unpaired) electrons. The van der Waals surface area contributed by atoms with Crippen molar-refractivity contribution >= 4 is 15.5 Å². The molecule has 23 heavy (non-hydrogen) atoms. The Morgan fingerprint density at radius 1 is 1.39 bits per heavy atom. The average molecular weight is 340 g/mol. The predicted octanol–water partition coefficient (Wildman–Crippen LogP) is 2.69. The number of unbranched alkanes of at least 4 members (excludes halogenated alkanes) is 1. The lowest BCUT2D eigenvalue weighted by Crippen LogP contribution is -2.36. The van der Waals surface area contributed by atoms with E-state index >= 15 is 0 Å². The summed E-state index contributed by atoms with van der Waals surface area (Å²) in [5.41, 5.74) is 1.69. The standard InChI is InChI=1S/C16H24N2O4S/c1-3-4-9-17(15-8-10-23(21,22)12-15)11-14-6-5-7-16(13(14)2)18(19)20/h5-7,15H,3-4,8-12H2,1-2H3. The maximum atomic E-state index is 11.8. The van der Waals surface area contributed by atoms with Crippen LogP contribution in [0.5, 0.6) is 0 Å². The minimum absolute atomic E-state index is 0.0187. The number of rotatable bonds is 7. The van der Waals surface area contributed by atoms with E-state index in [2.05, 4.69) is 11.8 Å². The van der Waals surface area contributed by atoms with Crippen LogP contribution in [0, 0.1) is 17.0 Å². The van der Waals surface area contributed by atoms with Gasteiger partial charge in [-0.15, -0.1) is 0 Å². The molecule has 0 bridgehead atoms. The second-order valence-electron chi connectivity index (χ2n) is 6.20. The van der Waals surface area contributed by atoms with Crippen molar-refractivity contribution in [2.24, 2.45) is 0 Å². The highest BCUT2D eigenvalue weighted by molar-refractivity contribution is 7.91. The van der Waals surface area contributed by atoms with Crippen molar-refractivity contribution in [1.29, 1.82) is 0 Å². The van der Waals surface area contributed by atoms with E-state index in [4.69, 9.17) is 0 Å². The number of nitro groups is 1. The van der Waals surface area contributed by atoms with Crippen molar-refractivity contribution in [3.63, 3.8) is 0 Å². The van der Waals surface area contributed by atoms with Crippen LogP contribution in [-0.2, 0) is 16.4 Å². The van der Waals surface area contributed by atoms with Crippen molar-refractivity contribution < 1.29 is 13.3 Å². The van der Waals surface area contributed by atoms with Crippen LogP contribution in [0.4, 0.5) is 5.69 Å². The van der Waals surface area contributed by atoms with Gasteiger partial charge in [0.2, 0.25) is 0 Å². The largest absolute Gasteiger partial charge is 0.295 e. The van der Waals surface area contributed by atoms with Gasteiger partial charge in [0.05, 0.1) is 16.4 Å². The van der Waals surface area contributed by atoms with E-state index in [1.54, 1.807) is 13.0 Å². The van der Waals surface area contributed by atoms with Crippen molar-refractivity contribution in [3.8, 4) is 0 Å². The lowest BCUT2D eigenvalue weighted by atomic mass is 10.0. The summed E-state index contributed by atoms with van der Waals surface area (Å²) >= 11 is 0. The quantitative estimate of drug-likeness (QED) is 0.563. The second kappa shape index (κ2) is 7.40. The van der Waals surface area contributed by atoms with Crippen LogP contribution in [0.1, 0.15) is 37.3 Å². The molecule has 1 unspecified atom stereocenters. The summed E-state index contributed by atoms with van der Waals surface area (Å²) in [5.74, 6) is 0.443. The molecule has 1 aromatic rings. The van der Waals surface area contributed by atoms with E-state index in [-0.39, 0.29) is 28.2 Å². The Hall–Kier alpha value is -1.47. The van der Waals surface area contributed by atoms with E-state index in [1.807, 2.05) is 6.07 Å². The Morgan fingerprint density at radius 3 is 2.70 bits per heavy atom. The highest BCUT2D eigenvalue weighted by Gasteiger charge is 2.32. The van der Waals surface area contributed by atoms with Crippen LogP contribution in [0.15, 0.2) is 18.2 Å². The van der Waals surface area contributed by atoms with Gasteiger partial charge in [-0.2, -0.15) is 0 Å². The Balaban J connectivity index is 2.21. The summed E-state index contributed by atoms with van der Waals surface area (Å²) in [6, 6.07) is 5.12. The van der Waals surface area contributed by atoms with E-state index in [1.165, 1.54) is 6.07 Å². The Bertz CT molecular complexity index is 673. The van der Waals surface area contributed by atoms with E-state index in [0.29, 0.717) is 18.5 Å². The molecule has 6 nitrogen and oxygen atoms in total. The van der Waals surface area contributed by atoms with Gasteiger partial charge < -0.3 is 0 Å². The maximum absolute atomic E-state index is 11.8. The van der Waals surface area contributed by atoms with Crippen LogP contribution in [0.25, 0.3) is 0 Å². The molecule has 1 aromatic carbocycles. The zero-order chi connectivity index (χ0) is 17.0. The fourth-order valence-electron chi connectivity index (χ4n) is 3.07. The molecule has 128 valence electrons. The molecule has 0 aliphatic carbocycles. The predicted molar refractivity (Wildman–Crippen MR) is 90.2 cm³/mol. The van der Waals surface area contributed by atoms with Gasteiger partial charge in [0.1, 0.15) is 0 Å². The Labute approximate surface area is 137 Å². The normalized spacial score (nSPS) is 20.0. The summed E-state index contributed by atoms with van der Waals surface area (Å²) in [6.45, 7) is 5.24. The van der Waals surface area contributed by atoms with Crippen molar-refractivity contribution in [2.75, 3.05) is 18.1 Å². The minimum atomic E-state index is -2.94. The molecule has 0 amide bonds. The molecular weight excluding hydrogens is 316 g/mol. The zero-order valence-corrected chi connectivity index (χ0v) is 14.5. The topological polar surface area (TPSA) is 80.5 Å². The first-order valence-corrected chi connectivity index (χ1v) is 9.83. The van der Waals surface area contributed by atoms with Gasteiger partial charge in [-0.3, -0.25) is 15.0 Å². The lowest BCUT2D eigenvalue weighted by Gasteiger charge is -2.28. The first kappa shape index (κ1) is 17.9. The molecule has 0 N–H and O–H groups in total. The Morgan fingerprint density at radius 2 is 2.13 bits per heavy atom. The van der Waals surface area contributed by atoms with Gasteiger partial charge in [-0.05, 0) is 31.9 Å². The van der Waals surface area contributed by atoms with E-state index in [9.17, 15) is 18.5 Å². The van der Waals surface area contributed by atoms with Crippen molar-refractivity contribution in [1.82, 2.24) is 4.90 Å². The zero-order valence-electron chi connectivity index (χ0n) is 13.7. The summed E-state index contributed by atoms with van der Waals surface area (Å²) in [4.78, 5) is 12.9. The minimum Gasteiger partial charge on any atom is -0.295 e. The first-order valence-electron chi connectivity index (χ1n) is 8.01. The summed E-state index contributed by atoms with van der Waals surface area (Å²) in [5, 5.41) is 11.1. The molecule has 0 aromatic heterocycles. The van der Waals surface area contributed by atoms with E-state index < -0.39 is 9.84 Å². The van der Waals surface area contributed by atoms with Crippen molar-refractivity contribution in [3.05, 3.63) is 39.4 Å². The molecule has 1 atom stereocenters. The maximum Gasteiger partial charge on any atom is 0.272 e. The monoisotopic (exact) mass is 340 g/mol. The summed E-state index contributed by atoms with van der Waals surface area (Å²) in [7, 11) is -2.94. The second-order valence-corrected chi connectivity index (χ2v) is 8.43. The average Bonchev–Trinajstić information content (AvgIpc) is 2.85. The van der Waals surface area contributed by atoms with Crippen LogP contribution in [-0.4, -0.2) is 42.3 Å². The molecular formula is C16H24N2O4S. The molecule has 0 saturated carbocycles. The fourth-order valence-corrected chi connectivity index (χ4v) is 4.83. The summed E-state index contributed by atoms with van der Waals surface area (Å²) < 4.78 is 23.5. The molecule has 1 aliphatic rings. The van der Waals surface area contributed by atoms with Gasteiger partial charge in [-0.1, -0.05) is 25.5 Å². The van der Waals surface area contributed by atoms with Gasteiger partial charge >= 0.3 is 0 Å². The van der Waals surface area contributed by atoms with Crippen molar-refractivity contribution in [2.45, 2.75) is 45.7 Å². The molecule has 1 heterocycles. The SMILES string of the molecule is CCCCN(Cc1cccc([N+](=O)[O-])c1C)C1CCS(=O)(=O)C1. The van der Waals surface area contributed by atoms with Crippen LogP contribution in [0.2, 0.25) is 0 Å². The van der Waals surface area contributed by atoms with Crippen LogP contribution < -0.4 is 0 Å². The lowest BCUT2D eigenvalue weighted by molar-refractivity contribution is -0.385. The van der Waals surface area contributed by atoms with Gasteiger partial charge in [0.15, 0.2) is 9.84 Å². The number of sulfone groups is 1. The van der Waals surface area contributed by atoms with Crippen LogP contribution in [0.3, 0.4) is 0 Å². The molecule has 1 fully saturated rings. The van der Waals surface area contributed by atoms with Gasteiger partial charge in [-0.25, -0.2) is 8.42 Å². The highest BCUT2D eigenvalue weighted by atomic mass is 32.2. The Kier molecular flexibility index (Phi) is 5.75. The van der Waals surface area contributed by atoms with E-state index in [0.717, 1.165) is 24.9 Å². The molecule has 2 rings (SSSR count). The number of hydrogen-bond acceptors (Lipinski definition) is 5. The smallest absolute Gasteiger partial charge is 0.272 e. The molecule has 7 heteroatoms. The molecule has 1 aliphatic heterocycles. The molecule has 1 saturated heterocycles.